The summed E-state index contributed by atoms with van der Waals surface area (Å²) in [7, 11) is 3.14. The molecule has 0 radical (unpaired) electrons. The number of rotatable bonds is 4. The van der Waals surface area contributed by atoms with E-state index < -0.39 is 6.10 Å². The highest BCUT2D eigenvalue weighted by molar-refractivity contribution is 9.10. The van der Waals surface area contributed by atoms with Crippen molar-refractivity contribution < 1.29 is 14.6 Å². The lowest BCUT2D eigenvalue weighted by Gasteiger charge is -2.15. The lowest BCUT2D eigenvalue weighted by molar-refractivity contribution is 0.219. The number of hydrogen-bond acceptors (Lipinski definition) is 3. The molecule has 0 fully saturated rings. The molecule has 20 heavy (non-hydrogen) atoms. The van der Waals surface area contributed by atoms with E-state index in [9.17, 15) is 5.11 Å². The van der Waals surface area contributed by atoms with Crippen molar-refractivity contribution in [1.29, 1.82) is 0 Å². The minimum absolute atomic E-state index is 0.559. The highest BCUT2D eigenvalue weighted by atomic mass is 79.9. The molecule has 2 aromatic rings. The third kappa shape index (κ3) is 3.45. The molecule has 3 nitrogen and oxygen atoms in total. The Balaban J connectivity index is 2.43. The van der Waals surface area contributed by atoms with Gasteiger partial charge in [0, 0.05) is 15.6 Å². The Kier molecular flexibility index (Phi) is 4.91. The van der Waals surface area contributed by atoms with Crippen LogP contribution in [-0.2, 0) is 0 Å². The predicted octanol–water partition coefficient (Wildman–Crippen LogP) is 4.20. The van der Waals surface area contributed by atoms with Crippen LogP contribution in [0.3, 0.4) is 0 Å². The zero-order valence-electron chi connectivity index (χ0n) is 11.1. The molecule has 0 heterocycles. The van der Waals surface area contributed by atoms with Gasteiger partial charge in [-0.1, -0.05) is 27.5 Å². The predicted molar refractivity (Wildman–Crippen MR) is 82.8 cm³/mol. The van der Waals surface area contributed by atoms with Crippen LogP contribution < -0.4 is 9.47 Å². The van der Waals surface area contributed by atoms with Gasteiger partial charge in [0.25, 0.3) is 0 Å². The Morgan fingerprint density at radius 3 is 2.00 bits per heavy atom. The summed E-state index contributed by atoms with van der Waals surface area (Å²) in [4.78, 5) is 0. The van der Waals surface area contributed by atoms with E-state index in [0.29, 0.717) is 27.6 Å². The Labute approximate surface area is 131 Å². The molecule has 0 saturated carbocycles. The second-order valence-electron chi connectivity index (χ2n) is 4.25. The Morgan fingerprint density at radius 1 is 0.950 bits per heavy atom. The van der Waals surface area contributed by atoms with Crippen LogP contribution in [0.2, 0.25) is 5.02 Å². The van der Waals surface area contributed by atoms with Gasteiger partial charge >= 0.3 is 0 Å². The summed E-state index contributed by atoms with van der Waals surface area (Å²) in [6.45, 7) is 0. The Hall–Kier alpha value is -1.23. The topological polar surface area (TPSA) is 38.7 Å². The smallest absolute Gasteiger partial charge is 0.122 e. The molecule has 0 aromatic heterocycles. The number of benzene rings is 2. The van der Waals surface area contributed by atoms with Crippen LogP contribution in [0.15, 0.2) is 40.9 Å². The third-order valence-electron chi connectivity index (χ3n) is 2.89. The first-order valence-corrected chi connectivity index (χ1v) is 7.07. The zero-order valence-corrected chi connectivity index (χ0v) is 13.4. The maximum Gasteiger partial charge on any atom is 0.122 e. The average molecular weight is 358 g/mol. The molecule has 1 N–H and O–H groups in total. The van der Waals surface area contributed by atoms with Crippen molar-refractivity contribution in [1.82, 2.24) is 0 Å². The average Bonchev–Trinajstić information content (AvgIpc) is 2.44. The first-order valence-electron chi connectivity index (χ1n) is 5.90. The van der Waals surface area contributed by atoms with Crippen molar-refractivity contribution in [2.45, 2.75) is 6.10 Å². The first-order chi connectivity index (χ1) is 9.53. The van der Waals surface area contributed by atoms with Crippen LogP contribution in [-0.4, -0.2) is 19.3 Å². The van der Waals surface area contributed by atoms with Gasteiger partial charge in [-0.15, -0.1) is 0 Å². The minimum Gasteiger partial charge on any atom is -0.497 e. The molecular weight excluding hydrogens is 344 g/mol. The quantitative estimate of drug-likeness (QED) is 0.891. The standard InChI is InChI=1S/C15H14BrClO3/c1-19-13-5-10(6-14(8-13)20-2)15(18)9-3-11(16)7-12(17)4-9/h3-8,15,18H,1-2H3. The summed E-state index contributed by atoms with van der Waals surface area (Å²) >= 11 is 9.37. The molecule has 0 amide bonds. The molecule has 0 spiro atoms. The van der Waals surface area contributed by atoms with Gasteiger partial charge < -0.3 is 14.6 Å². The van der Waals surface area contributed by atoms with Crippen molar-refractivity contribution in [3.8, 4) is 11.5 Å². The maximum absolute atomic E-state index is 10.5. The van der Waals surface area contributed by atoms with Gasteiger partial charge in [-0.25, -0.2) is 0 Å². The van der Waals surface area contributed by atoms with Crippen molar-refractivity contribution in [3.63, 3.8) is 0 Å². The fraction of sp³-hybridized carbons (Fsp3) is 0.200. The van der Waals surface area contributed by atoms with Crippen LogP contribution in [0, 0.1) is 0 Å². The van der Waals surface area contributed by atoms with E-state index in [2.05, 4.69) is 15.9 Å². The van der Waals surface area contributed by atoms with E-state index in [4.69, 9.17) is 21.1 Å². The normalized spacial score (nSPS) is 12.1. The highest BCUT2D eigenvalue weighted by Crippen LogP contribution is 2.32. The van der Waals surface area contributed by atoms with E-state index in [1.807, 2.05) is 6.07 Å². The third-order valence-corrected chi connectivity index (χ3v) is 3.57. The van der Waals surface area contributed by atoms with Crippen molar-refractivity contribution in [3.05, 3.63) is 57.0 Å². The molecule has 0 saturated heterocycles. The summed E-state index contributed by atoms with van der Waals surface area (Å²) in [6.07, 6.45) is -0.811. The van der Waals surface area contributed by atoms with E-state index in [0.717, 1.165) is 4.47 Å². The van der Waals surface area contributed by atoms with Crippen LogP contribution in [0.4, 0.5) is 0 Å². The summed E-state index contributed by atoms with van der Waals surface area (Å²) in [5.74, 6) is 1.25. The fourth-order valence-electron chi connectivity index (χ4n) is 1.91. The second-order valence-corrected chi connectivity index (χ2v) is 5.60. The van der Waals surface area contributed by atoms with Gasteiger partial charge in [-0.05, 0) is 41.5 Å². The minimum atomic E-state index is -0.811. The SMILES string of the molecule is COc1cc(OC)cc(C(O)c2cc(Cl)cc(Br)c2)c1. The molecular formula is C15H14BrClO3. The summed E-state index contributed by atoms with van der Waals surface area (Å²) in [5.41, 5.74) is 1.37. The molecule has 106 valence electrons. The van der Waals surface area contributed by atoms with Gasteiger partial charge in [0.1, 0.15) is 17.6 Å². The summed E-state index contributed by atoms with van der Waals surface area (Å²) in [5, 5.41) is 11.0. The number of halogens is 2. The van der Waals surface area contributed by atoms with Gasteiger partial charge in [-0.2, -0.15) is 0 Å². The van der Waals surface area contributed by atoms with Crippen LogP contribution >= 0.6 is 27.5 Å². The monoisotopic (exact) mass is 356 g/mol. The molecule has 0 aliphatic carbocycles. The maximum atomic E-state index is 10.5. The Bertz CT molecular complexity index is 574. The number of methoxy groups -OCH3 is 2. The number of hydrogen-bond donors (Lipinski definition) is 1. The van der Waals surface area contributed by atoms with Crippen LogP contribution in [0.25, 0.3) is 0 Å². The Morgan fingerprint density at radius 2 is 1.50 bits per heavy atom. The number of aliphatic hydroxyl groups excluding tert-OH is 1. The molecule has 0 bridgehead atoms. The highest BCUT2D eigenvalue weighted by Gasteiger charge is 2.14. The van der Waals surface area contributed by atoms with Crippen LogP contribution in [0.1, 0.15) is 17.2 Å². The zero-order chi connectivity index (χ0) is 14.7. The first kappa shape index (κ1) is 15.2. The largest absolute Gasteiger partial charge is 0.497 e. The molecule has 2 rings (SSSR count). The second kappa shape index (κ2) is 6.48. The lowest BCUT2D eigenvalue weighted by Crippen LogP contribution is -2.01. The summed E-state index contributed by atoms with van der Waals surface area (Å²) in [6, 6.07) is 10.6. The molecule has 0 aliphatic rings. The molecule has 1 unspecified atom stereocenters. The molecule has 5 heteroatoms. The van der Waals surface area contributed by atoms with Crippen molar-refractivity contribution in [2.75, 3.05) is 14.2 Å². The van der Waals surface area contributed by atoms with Gasteiger partial charge in [0.15, 0.2) is 0 Å². The van der Waals surface area contributed by atoms with E-state index in [1.54, 1.807) is 44.6 Å². The lowest BCUT2D eigenvalue weighted by atomic mass is 10.0. The molecule has 2 aromatic carbocycles. The van der Waals surface area contributed by atoms with E-state index >= 15 is 0 Å². The van der Waals surface area contributed by atoms with Crippen molar-refractivity contribution in [2.24, 2.45) is 0 Å². The van der Waals surface area contributed by atoms with E-state index in [-0.39, 0.29) is 0 Å². The van der Waals surface area contributed by atoms with Crippen molar-refractivity contribution >= 4 is 27.5 Å². The molecule has 0 aliphatic heterocycles. The molecule has 1 atom stereocenters. The van der Waals surface area contributed by atoms with Gasteiger partial charge in [-0.3, -0.25) is 0 Å². The summed E-state index contributed by atoms with van der Waals surface area (Å²) < 4.78 is 11.2. The van der Waals surface area contributed by atoms with Crippen LogP contribution in [0.5, 0.6) is 11.5 Å². The van der Waals surface area contributed by atoms with Gasteiger partial charge in [0.2, 0.25) is 0 Å². The number of aliphatic hydroxyl groups is 1. The van der Waals surface area contributed by atoms with E-state index in [1.165, 1.54) is 0 Å². The van der Waals surface area contributed by atoms with Gasteiger partial charge in [0.05, 0.1) is 14.2 Å². The number of ether oxygens (including phenoxy) is 2. The fourth-order valence-corrected chi connectivity index (χ4v) is 2.80.